The molecule has 0 N–H and O–H groups in total. The summed E-state index contributed by atoms with van der Waals surface area (Å²) in [5.41, 5.74) is 2.94. The standard InChI is InChI=1S/C30H31FN4O3S2/c31-21-7-10-25(33-18-21)29-34-27(24-4-2-1-3-23(24)26(36)17-30(19-32)11-12-30)28(39-29)20-5-8-22(9-6-20)35-13-15-40(37,38)16-14-35/h5-10,18,23-24H,1-4,11-17H2/t23-,24-/m1/s1. The van der Waals surface area contributed by atoms with E-state index in [4.69, 9.17) is 4.98 Å². The highest BCUT2D eigenvalue weighted by atomic mass is 32.2. The molecule has 3 heterocycles. The van der Waals surface area contributed by atoms with E-state index in [-0.39, 0.29) is 29.1 Å². The maximum Gasteiger partial charge on any atom is 0.153 e. The number of nitriles is 1. The molecule has 2 aliphatic carbocycles. The van der Waals surface area contributed by atoms with Gasteiger partial charge in [0, 0.05) is 37.0 Å². The Kier molecular flexibility index (Phi) is 7.21. The number of thiazole rings is 1. The molecular weight excluding hydrogens is 547 g/mol. The van der Waals surface area contributed by atoms with E-state index in [1.165, 1.54) is 23.6 Å². The van der Waals surface area contributed by atoms with Crippen molar-refractivity contribution in [3.63, 3.8) is 0 Å². The number of carbonyl (C=O) groups is 1. The summed E-state index contributed by atoms with van der Waals surface area (Å²) in [6, 6.07) is 13.5. The number of carbonyl (C=O) groups excluding carboxylic acids is 1. The molecule has 3 fully saturated rings. The number of anilines is 1. The molecular formula is C30H31FN4O3S2. The number of hydrogen-bond donors (Lipinski definition) is 0. The van der Waals surface area contributed by atoms with E-state index >= 15 is 0 Å². The third-order valence-electron chi connectivity index (χ3n) is 8.57. The first kappa shape index (κ1) is 27.0. The number of ketones is 1. The second-order valence-corrected chi connectivity index (χ2v) is 14.6. The van der Waals surface area contributed by atoms with E-state index in [9.17, 15) is 22.9 Å². The summed E-state index contributed by atoms with van der Waals surface area (Å²) >= 11 is 1.50. The maximum atomic E-state index is 13.6. The van der Waals surface area contributed by atoms with Crippen LogP contribution in [0.3, 0.4) is 0 Å². The largest absolute Gasteiger partial charge is 0.369 e. The van der Waals surface area contributed by atoms with Gasteiger partial charge in [-0.15, -0.1) is 11.3 Å². The number of benzene rings is 1. The van der Waals surface area contributed by atoms with Crippen LogP contribution in [0.1, 0.15) is 56.6 Å². The highest BCUT2D eigenvalue weighted by Crippen LogP contribution is 2.51. The van der Waals surface area contributed by atoms with Crippen LogP contribution in [0, 0.1) is 28.5 Å². The van der Waals surface area contributed by atoms with Gasteiger partial charge in [-0.1, -0.05) is 25.0 Å². The third-order valence-corrected chi connectivity index (χ3v) is 11.3. The lowest BCUT2D eigenvalue weighted by atomic mass is 9.73. The van der Waals surface area contributed by atoms with Crippen molar-refractivity contribution >= 4 is 32.6 Å². The predicted molar refractivity (Wildman–Crippen MR) is 153 cm³/mol. The lowest BCUT2D eigenvalue weighted by Gasteiger charge is -2.31. The van der Waals surface area contributed by atoms with Gasteiger partial charge < -0.3 is 4.90 Å². The zero-order valence-corrected chi connectivity index (χ0v) is 23.8. The SMILES string of the molecule is N#CC1(CC(=O)[C@@H]2CCCC[C@H]2c2nc(-c3ccc(F)cn3)sc2-c2ccc(N3CCS(=O)(=O)CC3)cc2)CC1. The quantitative estimate of drug-likeness (QED) is 0.350. The van der Waals surface area contributed by atoms with E-state index in [1.54, 1.807) is 6.07 Å². The molecule has 7 nitrogen and oxygen atoms in total. The van der Waals surface area contributed by atoms with Crippen LogP contribution >= 0.6 is 11.3 Å². The molecule has 208 valence electrons. The van der Waals surface area contributed by atoms with Crippen LogP contribution in [0.15, 0.2) is 42.6 Å². The lowest BCUT2D eigenvalue weighted by molar-refractivity contribution is -0.125. The van der Waals surface area contributed by atoms with E-state index < -0.39 is 21.1 Å². The van der Waals surface area contributed by atoms with Crippen LogP contribution in [0.4, 0.5) is 10.1 Å². The Balaban J connectivity index is 1.35. The first-order chi connectivity index (χ1) is 19.3. The summed E-state index contributed by atoms with van der Waals surface area (Å²) in [6.07, 6.45) is 6.74. The van der Waals surface area contributed by atoms with Crippen LogP contribution in [-0.2, 0) is 14.6 Å². The topological polar surface area (TPSA) is 104 Å². The van der Waals surface area contributed by atoms with Gasteiger partial charge in [-0.25, -0.2) is 17.8 Å². The average molecular weight is 579 g/mol. The summed E-state index contributed by atoms with van der Waals surface area (Å²) in [5.74, 6) is -0.157. The van der Waals surface area contributed by atoms with Crippen molar-refractivity contribution < 1.29 is 17.6 Å². The lowest BCUT2D eigenvalue weighted by Crippen LogP contribution is -2.40. The summed E-state index contributed by atoms with van der Waals surface area (Å²) in [7, 11) is -2.96. The molecule has 0 amide bonds. The monoisotopic (exact) mass is 578 g/mol. The van der Waals surface area contributed by atoms with E-state index in [0.29, 0.717) is 30.2 Å². The highest BCUT2D eigenvalue weighted by molar-refractivity contribution is 7.91. The molecule has 2 saturated carbocycles. The first-order valence-corrected chi connectivity index (χ1v) is 16.5. The van der Waals surface area contributed by atoms with Gasteiger partial charge >= 0.3 is 0 Å². The Morgan fingerprint density at radius 3 is 2.48 bits per heavy atom. The molecule has 3 aliphatic rings. The van der Waals surface area contributed by atoms with E-state index in [0.717, 1.165) is 60.3 Å². The molecule has 0 spiro atoms. The zero-order chi connectivity index (χ0) is 27.9. The van der Waals surface area contributed by atoms with Gasteiger partial charge in [-0.05, 0) is 55.5 Å². The fraction of sp³-hybridized carbons (Fsp3) is 0.467. The van der Waals surface area contributed by atoms with Crippen molar-refractivity contribution in [2.24, 2.45) is 11.3 Å². The van der Waals surface area contributed by atoms with Gasteiger partial charge in [0.1, 0.15) is 16.6 Å². The van der Waals surface area contributed by atoms with Gasteiger partial charge in [0.2, 0.25) is 0 Å². The number of pyridine rings is 1. The normalized spacial score (nSPS) is 23.4. The second kappa shape index (κ2) is 10.7. The van der Waals surface area contributed by atoms with Crippen molar-refractivity contribution in [3.05, 3.63) is 54.1 Å². The number of nitrogens with zero attached hydrogens (tertiary/aromatic N) is 4. The molecule has 2 aromatic heterocycles. The van der Waals surface area contributed by atoms with Crippen LogP contribution in [-0.4, -0.2) is 48.8 Å². The minimum atomic E-state index is -2.96. The zero-order valence-electron chi connectivity index (χ0n) is 22.2. The minimum Gasteiger partial charge on any atom is -0.369 e. The van der Waals surface area contributed by atoms with Crippen LogP contribution in [0.5, 0.6) is 0 Å². The molecule has 2 atom stereocenters. The molecule has 1 saturated heterocycles. The first-order valence-electron chi connectivity index (χ1n) is 13.9. The number of hydrogen-bond acceptors (Lipinski definition) is 8. The molecule has 1 aliphatic heterocycles. The van der Waals surface area contributed by atoms with Gasteiger partial charge in [-0.3, -0.25) is 9.78 Å². The highest BCUT2D eigenvalue weighted by Gasteiger charge is 2.47. The predicted octanol–water partition coefficient (Wildman–Crippen LogP) is 5.78. The van der Waals surface area contributed by atoms with Crippen LogP contribution < -0.4 is 4.90 Å². The molecule has 3 aromatic rings. The molecule has 6 rings (SSSR count). The summed E-state index contributed by atoms with van der Waals surface area (Å²) in [5, 5.41) is 10.3. The van der Waals surface area contributed by atoms with Crippen molar-refractivity contribution in [1.29, 1.82) is 5.26 Å². The summed E-state index contributed by atoms with van der Waals surface area (Å²) in [6.45, 7) is 0.952. The number of Topliss-reactive ketones (excluding diaryl/α,β-unsaturated/α-hetero) is 1. The smallest absolute Gasteiger partial charge is 0.153 e. The fourth-order valence-corrected chi connectivity index (χ4v) is 8.30. The van der Waals surface area contributed by atoms with Gasteiger partial charge in [0.25, 0.3) is 0 Å². The molecule has 1 aromatic carbocycles. The Bertz CT molecular complexity index is 1540. The molecule has 0 radical (unpaired) electrons. The molecule has 40 heavy (non-hydrogen) atoms. The van der Waals surface area contributed by atoms with Crippen molar-refractivity contribution in [2.75, 3.05) is 29.5 Å². The van der Waals surface area contributed by atoms with Crippen LogP contribution in [0.2, 0.25) is 0 Å². The molecule has 10 heteroatoms. The van der Waals surface area contributed by atoms with Gasteiger partial charge in [-0.2, -0.15) is 5.26 Å². The molecule has 0 bridgehead atoms. The summed E-state index contributed by atoms with van der Waals surface area (Å²) < 4.78 is 37.3. The second-order valence-electron chi connectivity index (χ2n) is 11.3. The van der Waals surface area contributed by atoms with Crippen molar-refractivity contribution in [2.45, 2.75) is 50.9 Å². The number of sulfone groups is 1. The minimum absolute atomic E-state index is 0.0526. The Morgan fingerprint density at radius 2 is 1.82 bits per heavy atom. The fourth-order valence-electron chi connectivity index (χ4n) is 5.98. The van der Waals surface area contributed by atoms with Gasteiger partial charge in [0.15, 0.2) is 9.84 Å². The maximum absolute atomic E-state index is 13.6. The Labute approximate surface area is 238 Å². The van der Waals surface area contributed by atoms with E-state index in [1.807, 2.05) is 24.3 Å². The summed E-state index contributed by atoms with van der Waals surface area (Å²) in [4.78, 5) is 25.9. The number of aromatic nitrogens is 2. The van der Waals surface area contributed by atoms with E-state index in [2.05, 4.69) is 16.0 Å². The number of halogens is 1. The van der Waals surface area contributed by atoms with Crippen LogP contribution in [0.25, 0.3) is 21.1 Å². The Hall–Kier alpha value is -3.16. The third kappa shape index (κ3) is 5.54. The Morgan fingerprint density at radius 1 is 1.10 bits per heavy atom. The van der Waals surface area contributed by atoms with Crippen molar-refractivity contribution in [3.8, 4) is 27.2 Å². The molecule has 0 unspecified atom stereocenters. The number of rotatable bonds is 7. The van der Waals surface area contributed by atoms with Gasteiger partial charge in [0.05, 0.1) is 45.5 Å². The average Bonchev–Trinajstić information content (AvgIpc) is 3.60. The van der Waals surface area contributed by atoms with Crippen molar-refractivity contribution in [1.82, 2.24) is 9.97 Å².